The third-order valence-corrected chi connectivity index (χ3v) is 6.14. The molecule has 1 heterocycles. The summed E-state index contributed by atoms with van der Waals surface area (Å²) in [6.07, 6.45) is 2.30. The summed E-state index contributed by atoms with van der Waals surface area (Å²) in [4.78, 5) is 38.5. The van der Waals surface area contributed by atoms with Gasteiger partial charge in [-0.2, -0.15) is 0 Å². The van der Waals surface area contributed by atoms with Gasteiger partial charge < -0.3 is 16.0 Å². The van der Waals surface area contributed by atoms with Gasteiger partial charge in [0.1, 0.15) is 6.04 Å². The number of anilines is 1. The Balaban J connectivity index is 1.79. The van der Waals surface area contributed by atoms with Crippen LogP contribution in [-0.2, 0) is 4.79 Å². The monoisotopic (exact) mass is 437 g/mol. The summed E-state index contributed by atoms with van der Waals surface area (Å²) in [5, 5.41) is 9.27. The minimum atomic E-state index is -0.618. The van der Waals surface area contributed by atoms with E-state index < -0.39 is 11.9 Å². The molecule has 1 atom stereocenters. The number of rotatable bonds is 8. The molecule has 1 aromatic heterocycles. The van der Waals surface area contributed by atoms with Gasteiger partial charge in [-0.15, -0.1) is 11.3 Å². The summed E-state index contributed by atoms with van der Waals surface area (Å²) >= 11 is 1.41. The number of likely N-dealkylation sites (N-methyl/N-ethyl adjacent to an activating group) is 1. The average Bonchev–Trinajstić information content (AvgIpc) is 3.19. The number of fused-ring (bicyclic) bond motifs is 1. The maximum atomic E-state index is 12.9. The lowest BCUT2D eigenvalue weighted by atomic mass is 10.1. The zero-order valence-corrected chi connectivity index (χ0v) is 18.8. The number of unbranched alkanes of at least 4 members (excludes halogenated alkanes) is 1. The van der Waals surface area contributed by atoms with Gasteiger partial charge in [0.15, 0.2) is 0 Å². The van der Waals surface area contributed by atoms with E-state index in [9.17, 15) is 14.4 Å². The van der Waals surface area contributed by atoms with Crippen LogP contribution in [0.5, 0.6) is 0 Å². The Hall–Kier alpha value is -3.19. The van der Waals surface area contributed by atoms with Crippen molar-refractivity contribution in [3.05, 3.63) is 64.5 Å². The van der Waals surface area contributed by atoms with Crippen LogP contribution in [0.3, 0.4) is 0 Å². The predicted molar refractivity (Wildman–Crippen MR) is 126 cm³/mol. The Labute approximate surface area is 186 Å². The first kappa shape index (κ1) is 22.5. The fourth-order valence-corrected chi connectivity index (χ4v) is 4.27. The highest BCUT2D eigenvalue weighted by Gasteiger charge is 2.22. The predicted octanol–water partition coefficient (Wildman–Crippen LogP) is 4.50. The van der Waals surface area contributed by atoms with Crippen molar-refractivity contribution in [3.8, 4) is 0 Å². The van der Waals surface area contributed by atoms with E-state index in [1.807, 2.05) is 38.1 Å². The maximum Gasteiger partial charge on any atom is 0.265 e. The summed E-state index contributed by atoms with van der Waals surface area (Å²) in [5.74, 6) is -0.899. The van der Waals surface area contributed by atoms with Gasteiger partial charge in [-0.25, -0.2) is 0 Å². The van der Waals surface area contributed by atoms with Crippen molar-refractivity contribution in [2.75, 3.05) is 12.4 Å². The fraction of sp³-hybridized carbons (Fsp3) is 0.292. The minimum Gasteiger partial charge on any atom is -0.357 e. The van der Waals surface area contributed by atoms with Gasteiger partial charge in [0.05, 0.1) is 16.1 Å². The SMILES string of the molecule is CCCCC(NC(=O)c1ccccc1NC(=O)c1cc2cc(C)ccc2s1)C(=O)NC. The van der Waals surface area contributed by atoms with E-state index in [4.69, 9.17) is 0 Å². The number of hydrogen-bond donors (Lipinski definition) is 3. The quantitative estimate of drug-likeness (QED) is 0.485. The third kappa shape index (κ3) is 5.49. The van der Waals surface area contributed by atoms with Gasteiger partial charge in [0.25, 0.3) is 11.8 Å². The molecule has 3 N–H and O–H groups in total. The van der Waals surface area contributed by atoms with E-state index in [-0.39, 0.29) is 11.8 Å². The second-order valence-electron chi connectivity index (χ2n) is 7.43. The number of carbonyl (C=O) groups excluding carboxylic acids is 3. The number of amides is 3. The van der Waals surface area contributed by atoms with Gasteiger partial charge in [-0.05, 0) is 43.0 Å². The number of hydrogen-bond acceptors (Lipinski definition) is 4. The van der Waals surface area contributed by atoms with Crippen LogP contribution >= 0.6 is 11.3 Å². The first-order valence-electron chi connectivity index (χ1n) is 10.4. The second kappa shape index (κ2) is 10.2. The van der Waals surface area contributed by atoms with E-state index >= 15 is 0 Å². The van der Waals surface area contributed by atoms with Crippen LogP contribution in [0.2, 0.25) is 0 Å². The lowest BCUT2D eigenvalue weighted by Gasteiger charge is -2.18. The van der Waals surface area contributed by atoms with Crippen LogP contribution in [-0.4, -0.2) is 30.8 Å². The summed E-state index contributed by atoms with van der Waals surface area (Å²) in [5.41, 5.74) is 1.86. The molecule has 3 amide bonds. The number of benzene rings is 2. The van der Waals surface area contributed by atoms with E-state index in [2.05, 4.69) is 16.0 Å². The van der Waals surface area contributed by atoms with Gasteiger partial charge in [0, 0.05) is 11.7 Å². The fourth-order valence-electron chi connectivity index (χ4n) is 3.34. The van der Waals surface area contributed by atoms with Crippen LogP contribution in [0.15, 0.2) is 48.5 Å². The van der Waals surface area contributed by atoms with Crippen molar-refractivity contribution < 1.29 is 14.4 Å². The molecular weight excluding hydrogens is 410 g/mol. The Morgan fingerprint density at radius 1 is 1.03 bits per heavy atom. The summed E-state index contributed by atoms with van der Waals surface area (Å²) in [6.45, 7) is 4.04. The van der Waals surface area contributed by atoms with Crippen LogP contribution in [0.1, 0.15) is 51.8 Å². The number of nitrogens with one attached hydrogen (secondary N) is 3. The molecule has 0 saturated heterocycles. The third-order valence-electron chi connectivity index (χ3n) is 5.03. The molecule has 3 rings (SSSR count). The zero-order valence-electron chi connectivity index (χ0n) is 18.0. The molecule has 0 aliphatic carbocycles. The van der Waals surface area contributed by atoms with Crippen LogP contribution in [0.4, 0.5) is 5.69 Å². The summed E-state index contributed by atoms with van der Waals surface area (Å²) in [6, 6.07) is 14.1. The van der Waals surface area contributed by atoms with Crippen LogP contribution in [0.25, 0.3) is 10.1 Å². The number of para-hydroxylation sites is 1. The molecular formula is C24H27N3O3S. The Bertz CT molecular complexity index is 1110. The molecule has 2 aromatic carbocycles. The van der Waals surface area contributed by atoms with Crippen molar-refractivity contribution in [2.45, 2.75) is 39.2 Å². The Kier molecular flexibility index (Phi) is 7.41. The highest BCUT2D eigenvalue weighted by Crippen LogP contribution is 2.27. The molecule has 0 radical (unpaired) electrons. The van der Waals surface area contributed by atoms with E-state index in [1.165, 1.54) is 11.3 Å². The molecule has 0 bridgehead atoms. The van der Waals surface area contributed by atoms with E-state index in [1.54, 1.807) is 31.3 Å². The van der Waals surface area contributed by atoms with Crippen molar-refractivity contribution in [1.29, 1.82) is 0 Å². The lowest BCUT2D eigenvalue weighted by molar-refractivity contribution is -0.122. The van der Waals surface area contributed by atoms with Crippen molar-refractivity contribution in [3.63, 3.8) is 0 Å². The number of thiophene rings is 1. The minimum absolute atomic E-state index is 0.233. The molecule has 0 saturated carbocycles. The standard InChI is InChI=1S/C24H27N3O3S/c1-4-5-9-19(23(29)25-3)27-22(28)17-8-6-7-10-18(17)26-24(30)21-14-16-13-15(2)11-12-20(16)31-21/h6-8,10-14,19H,4-5,9H2,1-3H3,(H,25,29)(H,26,30)(H,27,28). The molecule has 0 aliphatic rings. The smallest absolute Gasteiger partial charge is 0.265 e. The molecule has 7 heteroatoms. The van der Waals surface area contributed by atoms with Gasteiger partial charge in [-0.1, -0.05) is 49.6 Å². The molecule has 162 valence electrons. The molecule has 0 aliphatic heterocycles. The summed E-state index contributed by atoms with van der Waals surface area (Å²) in [7, 11) is 1.55. The van der Waals surface area contributed by atoms with Crippen molar-refractivity contribution in [1.82, 2.24) is 10.6 Å². The molecule has 1 unspecified atom stereocenters. The Morgan fingerprint density at radius 2 is 1.81 bits per heavy atom. The number of carbonyl (C=O) groups is 3. The van der Waals surface area contributed by atoms with Crippen LogP contribution in [0, 0.1) is 6.92 Å². The highest BCUT2D eigenvalue weighted by atomic mass is 32.1. The van der Waals surface area contributed by atoms with Gasteiger partial charge >= 0.3 is 0 Å². The second-order valence-corrected chi connectivity index (χ2v) is 8.52. The average molecular weight is 438 g/mol. The molecule has 0 fully saturated rings. The summed E-state index contributed by atoms with van der Waals surface area (Å²) < 4.78 is 1.03. The lowest BCUT2D eigenvalue weighted by Crippen LogP contribution is -2.45. The van der Waals surface area contributed by atoms with E-state index in [0.717, 1.165) is 28.5 Å². The number of aryl methyl sites for hydroxylation is 1. The van der Waals surface area contributed by atoms with E-state index in [0.29, 0.717) is 22.5 Å². The largest absolute Gasteiger partial charge is 0.357 e. The molecule has 0 spiro atoms. The Morgan fingerprint density at radius 3 is 2.55 bits per heavy atom. The topological polar surface area (TPSA) is 87.3 Å². The first-order chi connectivity index (χ1) is 14.9. The van der Waals surface area contributed by atoms with Crippen molar-refractivity contribution in [2.24, 2.45) is 0 Å². The molecule has 3 aromatic rings. The van der Waals surface area contributed by atoms with Crippen molar-refractivity contribution >= 4 is 44.8 Å². The first-order valence-corrected chi connectivity index (χ1v) is 11.2. The normalized spacial score (nSPS) is 11.7. The van der Waals surface area contributed by atoms with Crippen LogP contribution < -0.4 is 16.0 Å². The molecule has 31 heavy (non-hydrogen) atoms. The van der Waals surface area contributed by atoms with Gasteiger partial charge in [-0.3, -0.25) is 14.4 Å². The molecule has 6 nitrogen and oxygen atoms in total. The van der Waals surface area contributed by atoms with Gasteiger partial charge in [0.2, 0.25) is 5.91 Å². The zero-order chi connectivity index (χ0) is 22.4. The maximum absolute atomic E-state index is 12.9. The highest BCUT2D eigenvalue weighted by molar-refractivity contribution is 7.20.